The molecule has 0 radical (unpaired) electrons. The van der Waals surface area contributed by atoms with Gasteiger partial charge < -0.3 is 30.1 Å². The zero-order chi connectivity index (χ0) is 24.4. The third-order valence-electron chi connectivity index (χ3n) is 6.35. The van der Waals surface area contributed by atoms with Gasteiger partial charge in [-0.05, 0) is 24.6 Å². The van der Waals surface area contributed by atoms with Crippen LogP contribution in [0.2, 0.25) is 0 Å². The van der Waals surface area contributed by atoms with E-state index in [0.717, 1.165) is 5.69 Å². The maximum Gasteiger partial charge on any atom is 0.263 e. The van der Waals surface area contributed by atoms with Crippen molar-refractivity contribution in [3.05, 3.63) is 47.5 Å². The first-order chi connectivity index (χ1) is 17.0. The number of nitrogens with one attached hydrogen (secondary N) is 2. The number of hydrogen-bond acceptors (Lipinski definition) is 9. The molecule has 0 bridgehead atoms. The second kappa shape index (κ2) is 10.1. The van der Waals surface area contributed by atoms with Crippen LogP contribution >= 0.6 is 0 Å². The van der Waals surface area contributed by atoms with E-state index in [1.807, 2.05) is 6.07 Å². The Morgan fingerprint density at radius 1 is 1.29 bits per heavy atom. The van der Waals surface area contributed by atoms with Crippen LogP contribution in [0, 0.1) is 11.7 Å². The third kappa shape index (κ3) is 5.16. The molecular weight excluding hydrogens is 455 g/mol. The maximum absolute atomic E-state index is 14.6. The number of ether oxygens (including phenoxy) is 2. The minimum atomic E-state index is -0.482. The molecule has 3 N–H and O–H groups in total. The third-order valence-corrected chi connectivity index (χ3v) is 6.35. The summed E-state index contributed by atoms with van der Waals surface area (Å²) in [6, 6.07) is 7.10. The number of anilines is 1. The van der Waals surface area contributed by atoms with Gasteiger partial charge in [0.1, 0.15) is 5.82 Å². The van der Waals surface area contributed by atoms with Crippen LogP contribution < -0.4 is 20.1 Å². The van der Waals surface area contributed by atoms with E-state index in [-0.39, 0.29) is 18.4 Å². The number of carbonyl (C=O) groups is 1. The molecule has 184 valence electrons. The van der Waals surface area contributed by atoms with Gasteiger partial charge in [0.25, 0.3) is 5.91 Å². The van der Waals surface area contributed by atoms with Gasteiger partial charge in [0.05, 0.1) is 36.1 Å². The highest BCUT2D eigenvalue weighted by molar-refractivity contribution is 5.94. The minimum absolute atomic E-state index is 0.00290. The lowest BCUT2D eigenvalue weighted by Crippen LogP contribution is -2.31. The summed E-state index contributed by atoms with van der Waals surface area (Å²) in [5, 5.41) is 16.6. The summed E-state index contributed by atoms with van der Waals surface area (Å²) in [5.41, 5.74) is 2.38. The number of aromatic nitrogens is 3. The van der Waals surface area contributed by atoms with Crippen LogP contribution in [-0.2, 0) is 17.8 Å². The molecule has 0 aromatic carbocycles. The smallest absolute Gasteiger partial charge is 0.263 e. The van der Waals surface area contributed by atoms with E-state index in [0.29, 0.717) is 73.2 Å². The Morgan fingerprint density at radius 2 is 2.17 bits per heavy atom. The Balaban J connectivity index is 1.15. The quantitative estimate of drug-likeness (QED) is 0.434. The van der Waals surface area contributed by atoms with Gasteiger partial charge in [0.15, 0.2) is 18.2 Å². The zero-order valence-electron chi connectivity index (χ0n) is 19.3. The lowest BCUT2D eigenvalue weighted by molar-refractivity contribution is -0.118. The fourth-order valence-corrected chi connectivity index (χ4v) is 4.51. The van der Waals surface area contributed by atoms with Gasteiger partial charge in [-0.15, -0.1) is 0 Å². The van der Waals surface area contributed by atoms with E-state index in [9.17, 15) is 14.3 Å². The van der Waals surface area contributed by atoms with Crippen molar-refractivity contribution in [2.24, 2.45) is 5.92 Å². The molecule has 5 heterocycles. The highest BCUT2D eigenvalue weighted by Gasteiger charge is 2.31. The molecule has 1 saturated heterocycles. The van der Waals surface area contributed by atoms with E-state index in [4.69, 9.17) is 9.47 Å². The standard InChI is InChI=1S/C24H27FN6O4/c1-34-22-5-3-18-23(30-22)16(17(25)10-27-18)6-7-31-11-14(19(32)12-31)8-26-9-15-2-4-20-24(28-15)29-21(33)13-35-20/h2-5,10,14,19,26,32H,6-9,11-13H2,1H3,(H,28,29,33)/t14-,19+/m0/s1. The van der Waals surface area contributed by atoms with Crippen molar-refractivity contribution in [1.82, 2.24) is 25.2 Å². The average molecular weight is 483 g/mol. The van der Waals surface area contributed by atoms with Crippen molar-refractivity contribution in [3.63, 3.8) is 0 Å². The Hall–Kier alpha value is -3.41. The van der Waals surface area contributed by atoms with E-state index >= 15 is 0 Å². The highest BCUT2D eigenvalue weighted by Crippen LogP contribution is 2.26. The molecule has 35 heavy (non-hydrogen) atoms. The average Bonchev–Trinajstić information content (AvgIpc) is 3.21. The molecule has 2 aliphatic rings. The van der Waals surface area contributed by atoms with Crippen molar-refractivity contribution in [3.8, 4) is 11.6 Å². The lowest BCUT2D eigenvalue weighted by Gasteiger charge is -2.18. The van der Waals surface area contributed by atoms with Crippen LogP contribution in [0.25, 0.3) is 11.0 Å². The molecule has 10 nitrogen and oxygen atoms in total. The first-order valence-electron chi connectivity index (χ1n) is 11.5. The first-order valence-corrected chi connectivity index (χ1v) is 11.5. The molecule has 11 heteroatoms. The minimum Gasteiger partial charge on any atom is -0.481 e. The Labute approximate surface area is 201 Å². The molecule has 0 spiro atoms. The van der Waals surface area contributed by atoms with Crippen molar-refractivity contribution in [1.29, 1.82) is 0 Å². The number of fused-ring (bicyclic) bond motifs is 2. The monoisotopic (exact) mass is 482 g/mol. The molecule has 1 amide bonds. The number of halogens is 1. The van der Waals surface area contributed by atoms with E-state index < -0.39 is 11.9 Å². The number of nitrogens with zero attached hydrogens (tertiary/aromatic N) is 4. The normalized spacial score (nSPS) is 19.9. The Morgan fingerprint density at radius 3 is 3.03 bits per heavy atom. The highest BCUT2D eigenvalue weighted by atomic mass is 19.1. The van der Waals surface area contributed by atoms with E-state index in [1.165, 1.54) is 13.3 Å². The topological polar surface area (TPSA) is 122 Å². The summed E-state index contributed by atoms with van der Waals surface area (Å²) >= 11 is 0. The predicted octanol–water partition coefficient (Wildman–Crippen LogP) is 1.13. The number of rotatable bonds is 8. The second-order valence-electron chi connectivity index (χ2n) is 8.76. The number of amides is 1. The van der Waals surface area contributed by atoms with Gasteiger partial charge in [0.2, 0.25) is 5.88 Å². The van der Waals surface area contributed by atoms with Crippen molar-refractivity contribution in [2.45, 2.75) is 19.1 Å². The molecule has 0 saturated carbocycles. The van der Waals surface area contributed by atoms with Crippen molar-refractivity contribution in [2.75, 3.05) is 45.2 Å². The van der Waals surface area contributed by atoms with Crippen LogP contribution in [0.4, 0.5) is 10.2 Å². The van der Waals surface area contributed by atoms with Gasteiger partial charge in [-0.3, -0.25) is 9.78 Å². The van der Waals surface area contributed by atoms with Crippen LogP contribution in [-0.4, -0.2) is 76.9 Å². The molecule has 2 aliphatic heterocycles. The fourth-order valence-electron chi connectivity index (χ4n) is 4.51. The van der Waals surface area contributed by atoms with Crippen LogP contribution in [0.15, 0.2) is 30.5 Å². The number of β-amino-alcohol motifs (C(OH)–C–C–N with tert-alkyl or cyclic N) is 1. The van der Waals surface area contributed by atoms with Crippen molar-refractivity contribution >= 4 is 22.8 Å². The summed E-state index contributed by atoms with van der Waals surface area (Å²) in [7, 11) is 1.52. The van der Waals surface area contributed by atoms with Crippen LogP contribution in [0.1, 0.15) is 11.3 Å². The Bertz CT molecular complexity index is 1240. The molecule has 5 rings (SSSR count). The molecule has 0 aliphatic carbocycles. The van der Waals surface area contributed by atoms with E-state index in [1.54, 1.807) is 18.2 Å². The molecule has 0 unspecified atom stereocenters. The van der Waals surface area contributed by atoms with Crippen LogP contribution in [0.5, 0.6) is 11.6 Å². The fraction of sp³-hybridized carbons (Fsp3) is 0.417. The summed E-state index contributed by atoms with van der Waals surface area (Å²) in [6.45, 7) is 2.90. The number of likely N-dealkylation sites (tertiary alicyclic amines) is 1. The molecule has 1 fully saturated rings. The van der Waals surface area contributed by atoms with Gasteiger partial charge in [0, 0.05) is 50.3 Å². The summed E-state index contributed by atoms with van der Waals surface area (Å²) < 4.78 is 25.1. The second-order valence-corrected chi connectivity index (χ2v) is 8.76. The number of aliphatic hydroxyl groups is 1. The lowest BCUT2D eigenvalue weighted by atomic mass is 10.1. The summed E-state index contributed by atoms with van der Waals surface area (Å²) in [5.74, 6) is 0.817. The largest absolute Gasteiger partial charge is 0.481 e. The predicted molar refractivity (Wildman–Crippen MR) is 126 cm³/mol. The van der Waals surface area contributed by atoms with Gasteiger partial charge in [-0.2, -0.15) is 0 Å². The Kier molecular flexibility index (Phi) is 6.71. The number of carbonyl (C=O) groups excluding carboxylic acids is 1. The number of pyridine rings is 3. The SMILES string of the molecule is COc1ccc2ncc(F)c(CCN3C[C@H](CNCc4ccc5c(n4)NC(=O)CO5)[C@H](O)C3)c2n1. The van der Waals surface area contributed by atoms with Crippen LogP contribution in [0.3, 0.4) is 0 Å². The van der Waals surface area contributed by atoms with Crippen molar-refractivity contribution < 1.29 is 23.8 Å². The number of methoxy groups -OCH3 is 1. The first kappa shape index (κ1) is 23.3. The number of hydrogen-bond donors (Lipinski definition) is 3. The summed E-state index contributed by atoms with van der Waals surface area (Å²) in [4.78, 5) is 26.6. The molecular formula is C24H27FN6O4. The van der Waals surface area contributed by atoms with E-state index in [2.05, 4.69) is 30.5 Å². The summed E-state index contributed by atoms with van der Waals surface area (Å²) in [6.07, 6.45) is 1.19. The van der Waals surface area contributed by atoms with Gasteiger partial charge in [-0.25, -0.2) is 14.4 Å². The zero-order valence-corrected chi connectivity index (χ0v) is 19.3. The number of aliphatic hydroxyl groups excluding tert-OH is 1. The molecule has 2 atom stereocenters. The molecule has 3 aromatic rings. The molecule has 3 aromatic heterocycles. The maximum atomic E-state index is 14.6. The van der Waals surface area contributed by atoms with Gasteiger partial charge in [-0.1, -0.05) is 0 Å². The van der Waals surface area contributed by atoms with Gasteiger partial charge >= 0.3 is 0 Å².